The lowest BCUT2D eigenvalue weighted by Gasteiger charge is -2.08. The molecule has 0 radical (unpaired) electrons. The average Bonchev–Trinajstić information content (AvgIpc) is 2.33. The van der Waals surface area contributed by atoms with Crippen LogP contribution in [0.2, 0.25) is 0 Å². The second kappa shape index (κ2) is 5.02. The van der Waals surface area contributed by atoms with Crippen molar-refractivity contribution in [2.45, 2.75) is 19.9 Å². The Hall–Kier alpha value is -1.80. The highest BCUT2D eigenvalue weighted by atomic mass is 16.5. The van der Waals surface area contributed by atoms with Crippen LogP contribution in [0.5, 0.6) is 11.5 Å². The van der Waals surface area contributed by atoms with E-state index in [2.05, 4.69) is 6.92 Å². The number of hydrogen-bond donors (Lipinski definition) is 1. The molecule has 0 saturated carbocycles. The van der Waals surface area contributed by atoms with Gasteiger partial charge in [-0.05, 0) is 43.7 Å². The largest absolute Gasteiger partial charge is 0.457 e. The molecule has 2 rings (SSSR count). The SMILES string of the molecule is Cc1ccc(Oc2ccc([C@H](C)N)cc2)cc1. The summed E-state index contributed by atoms with van der Waals surface area (Å²) in [6.45, 7) is 4.02. The Morgan fingerprint density at radius 3 is 1.82 bits per heavy atom. The zero-order valence-corrected chi connectivity index (χ0v) is 10.2. The Bertz CT molecular complexity index is 471. The van der Waals surface area contributed by atoms with E-state index in [4.69, 9.17) is 10.5 Å². The van der Waals surface area contributed by atoms with Crippen LogP contribution in [-0.2, 0) is 0 Å². The molecular weight excluding hydrogens is 210 g/mol. The van der Waals surface area contributed by atoms with Crippen molar-refractivity contribution in [3.63, 3.8) is 0 Å². The summed E-state index contributed by atoms with van der Waals surface area (Å²) in [5.41, 5.74) is 8.13. The molecule has 0 saturated heterocycles. The first-order valence-electron chi connectivity index (χ1n) is 5.75. The summed E-state index contributed by atoms with van der Waals surface area (Å²) in [5.74, 6) is 1.68. The third-order valence-corrected chi connectivity index (χ3v) is 2.66. The molecule has 0 aliphatic rings. The Labute approximate surface area is 102 Å². The molecule has 2 aromatic rings. The van der Waals surface area contributed by atoms with Crippen molar-refractivity contribution in [2.75, 3.05) is 0 Å². The van der Waals surface area contributed by atoms with Gasteiger partial charge in [0.2, 0.25) is 0 Å². The van der Waals surface area contributed by atoms with Gasteiger partial charge in [-0.1, -0.05) is 29.8 Å². The third kappa shape index (κ3) is 3.08. The number of aryl methyl sites for hydroxylation is 1. The zero-order valence-electron chi connectivity index (χ0n) is 10.2. The van der Waals surface area contributed by atoms with Gasteiger partial charge in [-0.3, -0.25) is 0 Å². The fraction of sp³-hybridized carbons (Fsp3) is 0.200. The minimum absolute atomic E-state index is 0.0587. The molecule has 0 amide bonds. The molecule has 2 heteroatoms. The van der Waals surface area contributed by atoms with Crippen molar-refractivity contribution in [1.29, 1.82) is 0 Å². The first kappa shape index (κ1) is 11.7. The lowest BCUT2D eigenvalue weighted by molar-refractivity contribution is 0.482. The summed E-state index contributed by atoms with van der Waals surface area (Å²) < 4.78 is 5.73. The van der Waals surface area contributed by atoms with Crippen LogP contribution in [-0.4, -0.2) is 0 Å². The van der Waals surface area contributed by atoms with E-state index in [0.29, 0.717) is 0 Å². The molecule has 2 nitrogen and oxygen atoms in total. The van der Waals surface area contributed by atoms with Gasteiger partial charge in [0, 0.05) is 6.04 Å². The van der Waals surface area contributed by atoms with E-state index in [1.807, 2.05) is 55.5 Å². The highest BCUT2D eigenvalue weighted by Gasteiger charge is 2.00. The van der Waals surface area contributed by atoms with Crippen LogP contribution in [0, 0.1) is 6.92 Å². The van der Waals surface area contributed by atoms with E-state index in [9.17, 15) is 0 Å². The molecule has 0 heterocycles. The maximum Gasteiger partial charge on any atom is 0.127 e. The number of hydrogen-bond acceptors (Lipinski definition) is 2. The van der Waals surface area contributed by atoms with Gasteiger partial charge in [-0.2, -0.15) is 0 Å². The third-order valence-electron chi connectivity index (χ3n) is 2.66. The summed E-state index contributed by atoms with van der Waals surface area (Å²) in [6, 6.07) is 15.9. The van der Waals surface area contributed by atoms with Gasteiger partial charge in [-0.25, -0.2) is 0 Å². The van der Waals surface area contributed by atoms with Crippen LogP contribution in [0.1, 0.15) is 24.1 Å². The second-order valence-corrected chi connectivity index (χ2v) is 4.27. The van der Waals surface area contributed by atoms with Crippen molar-refractivity contribution in [3.05, 3.63) is 59.7 Å². The van der Waals surface area contributed by atoms with Gasteiger partial charge < -0.3 is 10.5 Å². The number of rotatable bonds is 3. The molecule has 17 heavy (non-hydrogen) atoms. The number of benzene rings is 2. The highest BCUT2D eigenvalue weighted by molar-refractivity contribution is 5.34. The van der Waals surface area contributed by atoms with Crippen molar-refractivity contribution in [3.8, 4) is 11.5 Å². The molecule has 0 unspecified atom stereocenters. The number of ether oxygens (including phenoxy) is 1. The lowest BCUT2D eigenvalue weighted by Crippen LogP contribution is -2.04. The zero-order chi connectivity index (χ0) is 12.3. The fourth-order valence-corrected chi connectivity index (χ4v) is 1.58. The normalized spacial score (nSPS) is 12.2. The van der Waals surface area contributed by atoms with Gasteiger partial charge in [0.15, 0.2) is 0 Å². The van der Waals surface area contributed by atoms with Crippen LogP contribution < -0.4 is 10.5 Å². The molecule has 0 spiro atoms. The summed E-state index contributed by atoms with van der Waals surface area (Å²) in [4.78, 5) is 0. The molecule has 0 aliphatic carbocycles. The molecule has 2 aromatic carbocycles. The van der Waals surface area contributed by atoms with E-state index in [1.54, 1.807) is 0 Å². The van der Waals surface area contributed by atoms with E-state index < -0.39 is 0 Å². The first-order valence-corrected chi connectivity index (χ1v) is 5.75. The van der Waals surface area contributed by atoms with Gasteiger partial charge in [0.05, 0.1) is 0 Å². The fourth-order valence-electron chi connectivity index (χ4n) is 1.58. The van der Waals surface area contributed by atoms with E-state index in [0.717, 1.165) is 17.1 Å². The van der Waals surface area contributed by atoms with Crippen LogP contribution in [0.15, 0.2) is 48.5 Å². The van der Waals surface area contributed by atoms with Crippen LogP contribution in [0.3, 0.4) is 0 Å². The maximum absolute atomic E-state index is 5.79. The molecule has 0 fully saturated rings. The van der Waals surface area contributed by atoms with Gasteiger partial charge in [0.25, 0.3) is 0 Å². The first-order chi connectivity index (χ1) is 8.15. The predicted molar refractivity (Wildman–Crippen MR) is 70.3 cm³/mol. The maximum atomic E-state index is 5.79. The topological polar surface area (TPSA) is 35.2 Å². The number of nitrogens with two attached hydrogens (primary N) is 1. The van der Waals surface area contributed by atoms with Crippen molar-refractivity contribution in [2.24, 2.45) is 5.73 Å². The molecule has 2 N–H and O–H groups in total. The van der Waals surface area contributed by atoms with E-state index in [-0.39, 0.29) is 6.04 Å². The Morgan fingerprint density at radius 1 is 0.882 bits per heavy atom. The summed E-state index contributed by atoms with van der Waals surface area (Å²) in [6.07, 6.45) is 0. The molecule has 0 bridgehead atoms. The second-order valence-electron chi connectivity index (χ2n) is 4.27. The molecule has 1 atom stereocenters. The van der Waals surface area contributed by atoms with Crippen LogP contribution in [0.4, 0.5) is 0 Å². The lowest BCUT2D eigenvalue weighted by atomic mass is 10.1. The Kier molecular flexibility index (Phi) is 3.45. The van der Waals surface area contributed by atoms with Gasteiger partial charge in [0.1, 0.15) is 11.5 Å². The molecule has 88 valence electrons. The van der Waals surface area contributed by atoms with Crippen molar-refractivity contribution < 1.29 is 4.74 Å². The predicted octanol–water partition coefficient (Wildman–Crippen LogP) is 3.81. The van der Waals surface area contributed by atoms with E-state index >= 15 is 0 Å². The van der Waals surface area contributed by atoms with Gasteiger partial charge in [-0.15, -0.1) is 0 Å². The smallest absolute Gasteiger partial charge is 0.127 e. The van der Waals surface area contributed by atoms with Crippen LogP contribution in [0.25, 0.3) is 0 Å². The quantitative estimate of drug-likeness (QED) is 0.865. The molecule has 0 aliphatic heterocycles. The average molecular weight is 227 g/mol. The van der Waals surface area contributed by atoms with E-state index in [1.165, 1.54) is 5.56 Å². The van der Waals surface area contributed by atoms with Crippen LogP contribution >= 0.6 is 0 Å². The summed E-state index contributed by atoms with van der Waals surface area (Å²) in [7, 11) is 0. The summed E-state index contributed by atoms with van der Waals surface area (Å²) >= 11 is 0. The Balaban J connectivity index is 2.11. The molecule has 0 aromatic heterocycles. The van der Waals surface area contributed by atoms with Gasteiger partial charge >= 0.3 is 0 Å². The summed E-state index contributed by atoms with van der Waals surface area (Å²) in [5, 5.41) is 0. The standard InChI is InChI=1S/C15H17NO/c1-11-3-7-14(8-4-11)17-15-9-5-13(6-10-15)12(2)16/h3-10,12H,16H2,1-2H3/t12-/m0/s1. The monoisotopic (exact) mass is 227 g/mol. The van der Waals surface area contributed by atoms with Crippen molar-refractivity contribution >= 4 is 0 Å². The Morgan fingerprint density at radius 2 is 1.35 bits per heavy atom. The molecular formula is C15H17NO. The van der Waals surface area contributed by atoms with Crippen molar-refractivity contribution in [1.82, 2.24) is 0 Å². The highest BCUT2D eigenvalue weighted by Crippen LogP contribution is 2.23. The minimum atomic E-state index is 0.0587. The minimum Gasteiger partial charge on any atom is -0.457 e.